The Morgan fingerprint density at radius 3 is 2.44 bits per heavy atom. The monoisotopic (exact) mass is 560 g/mol. The van der Waals surface area contributed by atoms with Crippen LogP contribution in [0.15, 0.2) is 54.6 Å². The Balaban J connectivity index is 1.22. The largest absolute Gasteiger partial charge is 0.410 e. The molecule has 2 aromatic carbocycles. The van der Waals surface area contributed by atoms with Gasteiger partial charge in [0.2, 0.25) is 11.8 Å². The van der Waals surface area contributed by atoms with Gasteiger partial charge in [-0.1, -0.05) is 49.6 Å². The van der Waals surface area contributed by atoms with Crippen molar-refractivity contribution in [3.63, 3.8) is 0 Å². The second-order valence-electron chi connectivity index (χ2n) is 11.1. The van der Waals surface area contributed by atoms with Crippen molar-refractivity contribution in [1.29, 1.82) is 0 Å². The van der Waals surface area contributed by atoms with E-state index in [1.54, 1.807) is 34.4 Å². The van der Waals surface area contributed by atoms with Crippen molar-refractivity contribution in [3.8, 4) is 5.75 Å². The van der Waals surface area contributed by atoms with Gasteiger partial charge in [0.15, 0.2) is 0 Å². The lowest BCUT2D eigenvalue weighted by molar-refractivity contribution is -0.139. The Hall–Kier alpha value is -4.08. The van der Waals surface area contributed by atoms with E-state index in [4.69, 9.17) is 10.5 Å². The quantitative estimate of drug-likeness (QED) is 0.511. The van der Waals surface area contributed by atoms with E-state index in [1.165, 1.54) is 6.42 Å². The molecule has 10 nitrogen and oxygen atoms in total. The van der Waals surface area contributed by atoms with E-state index < -0.39 is 11.6 Å². The summed E-state index contributed by atoms with van der Waals surface area (Å²) in [7, 11) is 0. The number of ether oxygens (including phenoxy) is 1. The number of amides is 4. The number of likely N-dealkylation sites (tertiary alicyclic amines) is 1. The lowest BCUT2D eigenvalue weighted by Gasteiger charge is -2.43. The van der Waals surface area contributed by atoms with Crippen LogP contribution in [0.5, 0.6) is 5.75 Å². The molecule has 0 bridgehead atoms. The topological polar surface area (TPSA) is 125 Å². The predicted molar refractivity (Wildman–Crippen MR) is 154 cm³/mol. The minimum absolute atomic E-state index is 0.0371. The molecule has 2 aromatic rings. The third-order valence-corrected chi connectivity index (χ3v) is 8.42. The van der Waals surface area contributed by atoms with Crippen LogP contribution in [-0.2, 0) is 20.8 Å². The Kier molecular flexibility index (Phi) is 8.75. The number of para-hydroxylation sites is 1. The summed E-state index contributed by atoms with van der Waals surface area (Å²) in [5.74, 6) is 0.0558. The molecule has 2 aliphatic heterocycles. The molecule has 1 aliphatic carbocycles. The average Bonchev–Trinajstić information content (AvgIpc) is 3.23. The maximum Gasteiger partial charge on any atom is 0.409 e. The van der Waals surface area contributed by atoms with Crippen LogP contribution in [0, 0.1) is 6.42 Å². The third-order valence-electron chi connectivity index (χ3n) is 8.42. The normalized spacial score (nSPS) is 18.9. The van der Waals surface area contributed by atoms with Crippen molar-refractivity contribution in [1.82, 2.24) is 15.1 Å². The Morgan fingerprint density at radius 2 is 1.73 bits per heavy atom. The van der Waals surface area contributed by atoms with Crippen LogP contribution in [0.25, 0.3) is 0 Å². The molecule has 3 fully saturated rings. The van der Waals surface area contributed by atoms with Crippen molar-refractivity contribution >= 4 is 29.5 Å². The third kappa shape index (κ3) is 6.64. The molecule has 0 atom stereocenters. The second-order valence-corrected chi connectivity index (χ2v) is 11.1. The van der Waals surface area contributed by atoms with Crippen LogP contribution in [0.2, 0.25) is 0 Å². The van der Waals surface area contributed by atoms with Gasteiger partial charge in [-0.15, -0.1) is 0 Å². The van der Waals surface area contributed by atoms with Gasteiger partial charge in [0.05, 0.1) is 13.1 Å². The molecule has 4 amide bonds. The first-order chi connectivity index (χ1) is 19.8. The number of nitrogens with two attached hydrogens (primary N) is 1. The fourth-order valence-corrected chi connectivity index (χ4v) is 6.30. The molecule has 5 rings (SSSR count). The summed E-state index contributed by atoms with van der Waals surface area (Å²) in [6.45, 7) is 1.23. The standard InChI is InChI=1S/C31H38N5O5/c32-30(40)41-26-13-7-8-23(20-26)14-15-28(38)34-18-16-31(17-19-34)29(39)35(22-36(31)25-11-5-2-6-12-25)21-27(37)33-24-9-3-1-4-10-24/h2,5-8,11-13,15,20,24H,1,3-4,9-10,14,16-19,21-22H2,(H2,32,40)(H,33,37). The van der Waals surface area contributed by atoms with Gasteiger partial charge in [-0.25, -0.2) is 4.79 Å². The Bertz CT molecular complexity index is 1250. The number of hydrogen-bond acceptors (Lipinski definition) is 6. The fourth-order valence-electron chi connectivity index (χ4n) is 6.30. The van der Waals surface area contributed by atoms with E-state index in [1.807, 2.05) is 36.4 Å². The fraction of sp³-hybridized carbons (Fsp3) is 0.452. The number of benzene rings is 2. The van der Waals surface area contributed by atoms with Gasteiger partial charge in [-0.2, -0.15) is 0 Å². The zero-order valence-corrected chi connectivity index (χ0v) is 23.3. The van der Waals surface area contributed by atoms with Gasteiger partial charge in [0.1, 0.15) is 17.8 Å². The van der Waals surface area contributed by atoms with Gasteiger partial charge in [-0.3, -0.25) is 14.4 Å². The molecule has 1 radical (unpaired) electrons. The summed E-state index contributed by atoms with van der Waals surface area (Å²) in [4.78, 5) is 56.5. The number of carbonyl (C=O) groups is 4. The summed E-state index contributed by atoms with van der Waals surface area (Å²) in [6.07, 6.45) is 7.49. The molecule has 0 unspecified atom stereocenters. The van der Waals surface area contributed by atoms with Gasteiger partial charge < -0.3 is 30.5 Å². The first kappa shape index (κ1) is 28.4. The maximum absolute atomic E-state index is 13.9. The van der Waals surface area contributed by atoms with Crippen LogP contribution < -0.4 is 20.7 Å². The van der Waals surface area contributed by atoms with Gasteiger partial charge >= 0.3 is 6.09 Å². The Morgan fingerprint density at radius 1 is 1.00 bits per heavy atom. The average molecular weight is 561 g/mol. The SMILES string of the molecule is NC(=O)Oc1cccc(C[CH]C(=O)N2CCC3(CC2)C(=O)N(CC(=O)NC2CCCCC2)CN3c2ccccc2)c1. The first-order valence-corrected chi connectivity index (χ1v) is 14.4. The number of rotatable bonds is 8. The molecule has 2 saturated heterocycles. The van der Waals surface area contributed by atoms with Crippen LogP contribution in [0.1, 0.15) is 50.5 Å². The summed E-state index contributed by atoms with van der Waals surface area (Å²) >= 11 is 0. The molecule has 3 aliphatic rings. The highest BCUT2D eigenvalue weighted by atomic mass is 16.5. The number of hydrogen-bond donors (Lipinski definition) is 2. The molecular weight excluding hydrogens is 522 g/mol. The second kappa shape index (κ2) is 12.6. The molecule has 41 heavy (non-hydrogen) atoms. The highest BCUT2D eigenvalue weighted by molar-refractivity contribution is 5.96. The molecule has 10 heteroatoms. The zero-order valence-electron chi connectivity index (χ0n) is 23.3. The molecule has 1 spiro atoms. The van der Waals surface area contributed by atoms with E-state index in [9.17, 15) is 19.2 Å². The maximum atomic E-state index is 13.9. The van der Waals surface area contributed by atoms with Gasteiger partial charge in [0, 0.05) is 24.8 Å². The lowest BCUT2D eigenvalue weighted by atomic mass is 9.85. The first-order valence-electron chi connectivity index (χ1n) is 14.4. The zero-order chi connectivity index (χ0) is 28.8. The van der Waals surface area contributed by atoms with Crippen molar-refractivity contribution in [2.24, 2.45) is 5.73 Å². The lowest BCUT2D eigenvalue weighted by Crippen LogP contribution is -2.57. The van der Waals surface area contributed by atoms with Crippen molar-refractivity contribution in [2.75, 3.05) is 31.2 Å². The number of carbonyl (C=O) groups excluding carboxylic acids is 4. The summed E-state index contributed by atoms with van der Waals surface area (Å²) in [5.41, 5.74) is 6.03. The van der Waals surface area contributed by atoms with Crippen molar-refractivity contribution in [2.45, 2.75) is 62.9 Å². The van der Waals surface area contributed by atoms with Crippen LogP contribution in [-0.4, -0.2) is 71.5 Å². The van der Waals surface area contributed by atoms with Gasteiger partial charge in [0.25, 0.3) is 5.91 Å². The van der Waals surface area contributed by atoms with E-state index >= 15 is 0 Å². The van der Waals surface area contributed by atoms with Crippen LogP contribution in [0.3, 0.4) is 0 Å². The van der Waals surface area contributed by atoms with E-state index in [0.29, 0.717) is 44.8 Å². The van der Waals surface area contributed by atoms with E-state index in [-0.39, 0.29) is 30.3 Å². The molecule has 1 saturated carbocycles. The minimum atomic E-state index is -0.890. The number of nitrogens with one attached hydrogen (secondary N) is 1. The van der Waals surface area contributed by atoms with Crippen molar-refractivity contribution in [3.05, 3.63) is 66.6 Å². The molecule has 2 heterocycles. The van der Waals surface area contributed by atoms with E-state index in [2.05, 4.69) is 10.2 Å². The molecular formula is C31H38N5O5. The number of anilines is 1. The molecule has 3 N–H and O–H groups in total. The predicted octanol–water partition coefficient (Wildman–Crippen LogP) is 3.01. The highest BCUT2D eigenvalue weighted by Gasteiger charge is 2.54. The molecule has 217 valence electrons. The summed E-state index contributed by atoms with van der Waals surface area (Å²) in [6, 6.07) is 16.9. The highest BCUT2D eigenvalue weighted by Crippen LogP contribution is 2.39. The summed E-state index contributed by atoms with van der Waals surface area (Å²) in [5, 5.41) is 3.14. The Labute approximate surface area is 240 Å². The van der Waals surface area contributed by atoms with Gasteiger partial charge in [-0.05, 0) is 61.9 Å². The number of primary amides is 1. The molecule has 0 aromatic heterocycles. The van der Waals surface area contributed by atoms with Crippen molar-refractivity contribution < 1.29 is 23.9 Å². The summed E-state index contributed by atoms with van der Waals surface area (Å²) < 4.78 is 4.92. The van der Waals surface area contributed by atoms with E-state index in [0.717, 1.165) is 36.9 Å². The van der Waals surface area contributed by atoms with Crippen LogP contribution >= 0.6 is 0 Å². The smallest absolute Gasteiger partial charge is 0.409 e. The minimum Gasteiger partial charge on any atom is -0.410 e. The van der Waals surface area contributed by atoms with Crippen LogP contribution in [0.4, 0.5) is 10.5 Å². The number of nitrogens with zero attached hydrogens (tertiary/aromatic N) is 3. The number of piperidine rings is 1.